The third-order valence-electron chi connectivity index (χ3n) is 3.57. The van der Waals surface area contributed by atoms with E-state index in [1.165, 1.54) is 24.6 Å². The molecular formula is C15H13Cl2N3O3. The molecule has 1 saturated heterocycles. The van der Waals surface area contributed by atoms with Crippen molar-refractivity contribution >= 4 is 46.3 Å². The predicted octanol–water partition coefficient (Wildman–Crippen LogP) is 2.30. The number of hydrogen-bond donors (Lipinski definition) is 2. The fourth-order valence-electron chi connectivity index (χ4n) is 2.42. The topological polar surface area (TPSA) is 83.7 Å². The van der Waals surface area contributed by atoms with Crippen LogP contribution in [0.2, 0.25) is 10.0 Å². The van der Waals surface area contributed by atoms with Gasteiger partial charge in [-0.2, -0.15) is 5.10 Å². The number of fused-ring (bicyclic) bond motifs is 1. The van der Waals surface area contributed by atoms with Crippen LogP contribution in [0.15, 0.2) is 32.7 Å². The molecule has 1 amide bonds. The normalized spacial score (nSPS) is 17.9. The van der Waals surface area contributed by atoms with Gasteiger partial charge in [0.1, 0.15) is 6.26 Å². The number of nitrogens with zero attached hydrogens (tertiary/aromatic N) is 1. The Morgan fingerprint density at radius 3 is 3.00 bits per heavy atom. The van der Waals surface area contributed by atoms with Crippen LogP contribution in [0.3, 0.4) is 0 Å². The fourth-order valence-corrected chi connectivity index (χ4v) is 2.96. The second-order valence-electron chi connectivity index (χ2n) is 5.17. The number of carbonyl (C=O) groups is 1. The van der Waals surface area contributed by atoms with Crippen LogP contribution in [-0.4, -0.2) is 24.7 Å². The maximum absolute atomic E-state index is 12.4. The fraction of sp³-hybridized carbons (Fsp3) is 0.267. The molecule has 0 saturated carbocycles. The molecule has 120 valence electrons. The predicted molar refractivity (Wildman–Crippen MR) is 89.3 cm³/mol. The van der Waals surface area contributed by atoms with Crippen LogP contribution in [0.5, 0.6) is 0 Å². The third-order valence-corrected chi connectivity index (χ3v) is 4.07. The van der Waals surface area contributed by atoms with Crippen molar-refractivity contribution < 1.29 is 9.21 Å². The number of halogens is 2. The Morgan fingerprint density at radius 1 is 1.43 bits per heavy atom. The zero-order valence-electron chi connectivity index (χ0n) is 11.9. The van der Waals surface area contributed by atoms with Crippen LogP contribution in [-0.2, 0) is 4.79 Å². The average Bonchev–Trinajstić information content (AvgIpc) is 3.04. The highest BCUT2D eigenvalue weighted by Gasteiger charge is 2.21. The lowest BCUT2D eigenvalue weighted by Gasteiger charge is -2.06. The molecule has 1 aromatic carbocycles. The van der Waals surface area contributed by atoms with Gasteiger partial charge in [0, 0.05) is 5.02 Å². The summed E-state index contributed by atoms with van der Waals surface area (Å²) in [7, 11) is 0. The minimum Gasteiger partial charge on any atom is -0.462 e. The third kappa shape index (κ3) is 3.39. The number of nitrogens with one attached hydrogen (secondary N) is 2. The van der Waals surface area contributed by atoms with Gasteiger partial charge in [-0.15, -0.1) is 0 Å². The van der Waals surface area contributed by atoms with Crippen LogP contribution < -0.4 is 16.2 Å². The van der Waals surface area contributed by atoms with Crippen molar-refractivity contribution in [2.45, 2.75) is 18.9 Å². The van der Waals surface area contributed by atoms with Gasteiger partial charge in [0.05, 0.1) is 28.2 Å². The van der Waals surface area contributed by atoms with E-state index in [-0.39, 0.29) is 38.9 Å². The molecule has 1 unspecified atom stereocenters. The van der Waals surface area contributed by atoms with Crippen LogP contribution in [0, 0.1) is 0 Å². The van der Waals surface area contributed by atoms with Gasteiger partial charge in [-0.25, -0.2) is 5.43 Å². The molecule has 1 aromatic heterocycles. The minimum absolute atomic E-state index is 0.190. The maximum Gasteiger partial charge on any atom is 0.257 e. The van der Waals surface area contributed by atoms with E-state index in [1.54, 1.807) is 0 Å². The van der Waals surface area contributed by atoms with Crippen LogP contribution >= 0.6 is 23.2 Å². The maximum atomic E-state index is 12.4. The van der Waals surface area contributed by atoms with E-state index in [0.717, 1.165) is 19.4 Å². The average molecular weight is 354 g/mol. The van der Waals surface area contributed by atoms with E-state index < -0.39 is 0 Å². The molecule has 1 fully saturated rings. The van der Waals surface area contributed by atoms with Crippen molar-refractivity contribution in [1.29, 1.82) is 0 Å². The van der Waals surface area contributed by atoms with Crippen LogP contribution in [0.25, 0.3) is 11.0 Å². The summed E-state index contributed by atoms with van der Waals surface area (Å²) in [6, 6.07) is 2.74. The first-order chi connectivity index (χ1) is 11.1. The molecular weight excluding hydrogens is 341 g/mol. The molecule has 2 aromatic rings. The number of amides is 1. The zero-order valence-corrected chi connectivity index (χ0v) is 13.4. The van der Waals surface area contributed by atoms with Gasteiger partial charge >= 0.3 is 0 Å². The van der Waals surface area contributed by atoms with Crippen LogP contribution in [0.4, 0.5) is 0 Å². The summed E-state index contributed by atoms with van der Waals surface area (Å²) >= 11 is 11.9. The van der Waals surface area contributed by atoms with Gasteiger partial charge in [0.15, 0.2) is 5.58 Å². The van der Waals surface area contributed by atoms with Gasteiger partial charge < -0.3 is 9.73 Å². The molecule has 0 bridgehead atoms. The van der Waals surface area contributed by atoms with Crippen molar-refractivity contribution in [3.8, 4) is 0 Å². The summed E-state index contributed by atoms with van der Waals surface area (Å²) in [6.45, 7) is 0.817. The van der Waals surface area contributed by atoms with Crippen molar-refractivity contribution in [2.24, 2.45) is 5.10 Å². The highest BCUT2D eigenvalue weighted by molar-refractivity contribution is 6.38. The zero-order chi connectivity index (χ0) is 16.4. The Hall–Kier alpha value is -1.89. The number of rotatable bonds is 3. The standard InChI is InChI=1S/C15H13Cl2N3O3/c16-9-4-10-13(21)8(7-23-14(10)11(17)5-9)6-19-20-15(22)12-2-1-3-18-12/h4-7,12,18H,1-3H2,(H,20,22)/b19-6+. The number of hydrogen-bond acceptors (Lipinski definition) is 5. The van der Waals surface area contributed by atoms with Crippen molar-refractivity contribution in [3.05, 3.63) is 44.2 Å². The molecule has 0 aliphatic carbocycles. The van der Waals surface area contributed by atoms with E-state index in [9.17, 15) is 9.59 Å². The van der Waals surface area contributed by atoms with Crippen molar-refractivity contribution in [3.63, 3.8) is 0 Å². The Labute approximate surface area is 141 Å². The van der Waals surface area contributed by atoms with E-state index in [2.05, 4.69) is 15.8 Å². The number of carbonyl (C=O) groups excluding carboxylic acids is 1. The molecule has 23 heavy (non-hydrogen) atoms. The highest BCUT2D eigenvalue weighted by Crippen LogP contribution is 2.26. The molecule has 2 N–H and O–H groups in total. The first kappa shape index (κ1) is 16.0. The van der Waals surface area contributed by atoms with Gasteiger partial charge in [-0.1, -0.05) is 23.2 Å². The molecule has 1 atom stereocenters. The van der Waals surface area contributed by atoms with Crippen molar-refractivity contribution in [2.75, 3.05) is 6.54 Å². The first-order valence-corrected chi connectivity index (χ1v) is 7.78. The molecule has 8 heteroatoms. The second kappa shape index (κ2) is 6.70. The summed E-state index contributed by atoms with van der Waals surface area (Å²) in [5, 5.41) is 7.72. The van der Waals surface area contributed by atoms with Gasteiger partial charge in [0.2, 0.25) is 5.43 Å². The summed E-state index contributed by atoms with van der Waals surface area (Å²) in [4.78, 5) is 24.2. The Kier molecular flexibility index (Phi) is 4.66. The van der Waals surface area contributed by atoms with E-state index in [0.29, 0.717) is 5.02 Å². The minimum atomic E-state index is -0.326. The summed E-state index contributed by atoms with van der Waals surface area (Å²) < 4.78 is 5.36. The summed E-state index contributed by atoms with van der Waals surface area (Å²) in [5.41, 5.74) is 2.53. The Balaban J connectivity index is 1.83. The van der Waals surface area contributed by atoms with Gasteiger partial charge in [-0.3, -0.25) is 9.59 Å². The lowest BCUT2D eigenvalue weighted by Crippen LogP contribution is -2.38. The molecule has 6 nitrogen and oxygen atoms in total. The van der Waals surface area contributed by atoms with Crippen molar-refractivity contribution in [1.82, 2.24) is 10.7 Å². The smallest absolute Gasteiger partial charge is 0.257 e. The van der Waals surface area contributed by atoms with Crippen LogP contribution in [0.1, 0.15) is 18.4 Å². The number of hydrazone groups is 1. The second-order valence-corrected chi connectivity index (χ2v) is 6.01. The molecule has 0 radical (unpaired) electrons. The largest absolute Gasteiger partial charge is 0.462 e. The van der Waals surface area contributed by atoms with Gasteiger partial charge in [0.25, 0.3) is 5.91 Å². The Morgan fingerprint density at radius 2 is 2.26 bits per heavy atom. The highest BCUT2D eigenvalue weighted by atomic mass is 35.5. The first-order valence-electron chi connectivity index (χ1n) is 7.03. The van der Waals surface area contributed by atoms with E-state index in [1.807, 2.05) is 0 Å². The van der Waals surface area contributed by atoms with E-state index in [4.69, 9.17) is 27.6 Å². The monoisotopic (exact) mass is 353 g/mol. The molecule has 1 aliphatic heterocycles. The molecule has 1 aliphatic rings. The molecule has 3 rings (SSSR count). The van der Waals surface area contributed by atoms with Gasteiger partial charge in [-0.05, 0) is 31.5 Å². The lowest BCUT2D eigenvalue weighted by atomic mass is 10.2. The lowest BCUT2D eigenvalue weighted by molar-refractivity contribution is -0.122. The Bertz CT molecular complexity index is 842. The summed E-state index contributed by atoms with van der Waals surface area (Å²) in [6.07, 6.45) is 4.22. The SMILES string of the molecule is O=C(N/N=C/c1coc2c(Cl)cc(Cl)cc2c1=O)C1CCCN1. The van der Waals surface area contributed by atoms with E-state index >= 15 is 0 Å². The molecule has 0 spiro atoms. The quantitative estimate of drug-likeness (QED) is 0.655. The molecule has 2 heterocycles. The number of benzene rings is 1. The summed E-state index contributed by atoms with van der Waals surface area (Å²) in [5.74, 6) is -0.227.